The number of hydrogen-bond donors (Lipinski definition) is 1. The number of unbranched alkanes of at least 4 members (excludes halogenated alkanes) is 12. The van der Waals surface area contributed by atoms with Crippen molar-refractivity contribution in [1.29, 1.82) is 0 Å². The molecule has 1 aliphatic rings. The van der Waals surface area contributed by atoms with Gasteiger partial charge in [0.1, 0.15) is 17.1 Å². The lowest BCUT2D eigenvalue weighted by Crippen LogP contribution is -2.42. The minimum absolute atomic E-state index is 0.113. The number of amides is 1. The van der Waals surface area contributed by atoms with Crippen LogP contribution < -0.4 is 9.47 Å². The van der Waals surface area contributed by atoms with Gasteiger partial charge in [0.2, 0.25) is 5.91 Å². The lowest BCUT2D eigenvalue weighted by Gasteiger charge is -2.38. The molecule has 0 saturated carbocycles. The van der Waals surface area contributed by atoms with Gasteiger partial charge in [0.25, 0.3) is 0 Å². The number of methoxy groups -OCH3 is 2. The summed E-state index contributed by atoms with van der Waals surface area (Å²) >= 11 is 0. The molecule has 1 fully saturated rings. The number of β-amino-alcohol motifs (C(OH)–C–C–N with tert-alkyl or cyclic N) is 1. The molecule has 0 unspecified atom stereocenters. The number of carbonyl (C=O) groups is 1. The number of carbonyl (C=O) groups excluding carboxylic acids is 1. The number of hydrogen-bond acceptors (Lipinski definition) is 5. The Morgan fingerprint density at radius 3 is 1.62 bits per heavy atom. The van der Waals surface area contributed by atoms with Crippen LogP contribution in [-0.2, 0) is 15.1 Å². The van der Waals surface area contributed by atoms with Crippen LogP contribution in [0.25, 0.3) is 0 Å². The van der Waals surface area contributed by atoms with E-state index in [4.69, 9.17) is 14.2 Å². The van der Waals surface area contributed by atoms with Gasteiger partial charge in [-0.15, -0.1) is 0 Å². The maximum absolute atomic E-state index is 13.5. The Bertz CT molecular complexity index is 1260. The number of nitrogens with zero attached hydrogens (tertiary/aromatic N) is 1. The first-order chi connectivity index (χ1) is 23.5. The van der Waals surface area contributed by atoms with E-state index in [-0.39, 0.29) is 18.6 Å². The highest BCUT2D eigenvalue weighted by Gasteiger charge is 2.41. The standard InChI is InChI=1S/C42H59NO5/c1-4-5-6-7-8-9-10-11-12-13-14-15-19-22-41(45)43-32-38(44)31-37(43)33-48-42(34-20-17-16-18-21-34,35-23-27-39(46-2)28-24-35)36-25-29-40(47-3)30-26-36/h16-18,20-21,23-30,37-38,44H,4-15,19,22,31-33H2,1-3H3/t37-,38+/m0/s1. The smallest absolute Gasteiger partial charge is 0.222 e. The Labute approximate surface area is 289 Å². The van der Waals surface area contributed by atoms with Crippen LogP contribution in [-0.4, -0.2) is 55.4 Å². The molecule has 2 atom stereocenters. The number of rotatable bonds is 22. The summed E-state index contributed by atoms with van der Waals surface area (Å²) in [5, 5.41) is 10.7. The van der Waals surface area contributed by atoms with E-state index < -0.39 is 11.7 Å². The van der Waals surface area contributed by atoms with Crippen LogP contribution in [0.3, 0.4) is 0 Å². The molecule has 6 heteroatoms. The van der Waals surface area contributed by atoms with Gasteiger partial charge >= 0.3 is 0 Å². The maximum atomic E-state index is 13.5. The minimum atomic E-state index is -0.961. The van der Waals surface area contributed by atoms with Gasteiger partial charge in [-0.1, -0.05) is 139 Å². The predicted molar refractivity (Wildman–Crippen MR) is 195 cm³/mol. The Balaban J connectivity index is 1.38. The van der Waals surface area contributed by atoms with Gasteiger partial charge in [0, 0.05) is 13.0 Å². The van der Waals surface area contributed by atoms with Crippen LogP contribution in [0, 0.1) is 0 Å². The third kappa shape index (κ3) is 10.6. The molecule has 0 radical (unpaired) electrons. The molecule has 0 spiro atoms. The first-order valence-electron chi connectivity index (χ1n) is 18.5. The molecule has 1 saturated heterocycles. The summed E-state index contributed by atoms with van der Waals surface area (Å²) in [6, 6.07) is 25.9. The summed E-state index contributed by atoms with van der Waals surface area (Å²) in [7, 11) is 3.32. The third-order valence-corrected chi connectivity index (χ3v) is 9.87. The molecule has 1 heterocycles. The molecule has 3 aromatic carbocycles. The van der Waals surface area contributed by atoms with Crippen molar-refractivity contribution in [3.05, 3.63) is 95.6 Å². The maximum Gasteiger partial charge on any atom is 0.222 e. The monoisotopic (exact) mass is 657 g/mol. The third-order valence-electron chi connectivity index (χ3n) is 9.87. The van der Waals surface area contributed by atoms with Crippen LogP contribution in [0.5, 0.6) is 11.5 Å². The second kappa shape index (κ2) is 20.2. The van der Waals surface area contributed by atoms with Gasteiger partial charge in [0.05, 0.1) is 33.0 Å². The van der Waals surface area contributed by atoms with E-state index in [0.29, 0.717) is 19.4 Å². The SMILES string of the molecule is CCCCCCCCCCCCCCCC(=O)N1C[C@H](O)C[C@H]1COC(c1ccccc1)(c1ccc(OC)cc1)c1ccc(OC)cc1. The van der Waals surface area contributed by atoms with E-state index in [1.807, 2.05) is 71.6 Å². The van der Waals surface area contributed by atoms with Gasteiger partial charge in [-0.3, -0.25) is 4.79 Å². The molecule has 1 N–H and O–H groups in total. The average molecular weight is 658 g/mol. The minimum Gasteiger partial charge on any atom is -0.497 e. The summed E-state index contributed by atoms with van der Waals surface area (Å²) < 4.78 is 18.0. The number of aliphatic hydroxyl groups is 1. The lowest BCUT2D eigenvalue weighted by molar-refractivity contribution is -0.134. The van der Waals surface area contributed by atoms with Crippen molar-refractivity contribution in [2.24, 2.45) is 0 Å². The van der Waals surface area contributed by atoms with Gasteiger partial charge in [-0.25, -0.2) is 0 Å². The lowest BCUT2D eigenvalue weighted by atomic mass is 9.80. The predicted octanol–water partition coefficient (Wildman–Crippen LogP) is 9.46. The van der Waals surface area contributed by atoms with Crippen LogP contribution >= 0.6 is 0 Å². The summed E-state index contributed by atoms with van der Waals surface area (Å²) in [4.78, 5) is 15.4. The molecule has 0 aliphatic carbocycles. The quantitative estimate of drug-likeness (QED) is 0.0861. The van der Waals surface area contributed by atoms with Crippen LogP contribution in [0.4, 0.5) is 0 Å². The zero-order chi connectivity index (χ0) is 34.0. The molecule has 1 amide bonds. The second-order valence-electron chi connectivity index (χ2n) is 13.4. The average Bonchev–Trinajstić information content (AvgIpc) is 3.51. The first-order valence-corrected chi connectivity index (χ1v) is 18.5. The van der Waals surface area contributed by atoms with Crippen molar-refractivity contribution in [3.8, 4) is 11.5 Å². The van der Waals surface area contributed by atoms with E-state index in [1.54, 1.807) is 14.2 Å². The first kappa shape index (κ1) is 37.5. The molecule has 6 nitrogen and oxygen atoms in total. The molecular weight excluding hydrogens is 598 g/mol. The number of aliphatic hydroxyl groups excluding tert-OH is 1. The van der Waals surface area contributed by atoms with E-state index in [0.717, 1.165) is 41.0 Å². The number of ether oxygens (including phenoxy) is 3. The van der Waals surface area contributed by atoms with E-state index in [1.165, 1.54) is 70.6 Å². The molecule has 4 rings (SSSR count). The fourth-order valence-electron chi connectivity index (χ4n) is 7.09. The Morgan fingerprint density at radius 2 is 1.15 bits per heavy atom. The van der Waals surface area contributed by atoms with E-state index >= 15 is 0 Å². The highest BCUT2D eigenvalue weighted by Crippen LogP contribution is 2.42. The fraction of sp³-hybridized carbons (Fsp3) is 0.548. The van der Waals surface area contributed by atoms with Crippen molar-refractivity contribution < 1.29 is 24.1 Å². The number of likely N-dealkylation sites (tertiary alicyclic amines) is 1. The highest BCUT2D eigenvalue weighted by molar-refractivity contribution is 5.77. The Hall–Kier alpha value is -3.35. The van der Waals surface area contributed by atoms with Crippen molar-refractivity contribution in [2.45, 2.75) is 121 Å². The fourth-order valence-corrected chi connectivity index (χ4v) is 7.09. The topological polar surface area (TPSA) is 68.2 Å². The summed E-state index contributed by atoms with van der Waals surface area (Å²) in [6.45, 7) is 2.91. The zero-order valence-electron chi connectivity index (χ0n) is 29.7. The van der Waals surface area contributed by atoms with Gasteiger partial charge in [0.15, 0.2) is 0 Å². The van der Waals surface area contributed by atoms with Crippen molar-refractivity contribution >= 4 is 5.91 Å². The molecule has 1 aliphatic heterocycles. The number of benzene rings is 3. The van der Waals surface area contributed by atoms with Crippen LogP contribution in [0.1, 0.15) is 120 Å². The second-order valence-corrected chi connectivity index (χ2v) is 13.4. The van der Waals surface area contributed by atoms with Crippen LogP contribution in [0.15, 0.2) is 78.9 Å². The molecule has 0 bridgehead atoms. The summed E-state index contributed by atoms with van der Waals surface area (Å²) in [5.74, 6) is 1.64. The summed E-state index contributed by atoms with van der Waals surface area (Å²) in [6.07, 6.45) is 17.1. The molecule has 48 heavy (non-hydrogen) atoms. The Morgan fingerprint density at radius 1 is 0.688 bits per heavy atom. The molecule has 0 aromatic heterocycles. The summed E-state index contributed by atoms with van der Waals surface area (Å²) in [5.41, 5.74) is 1.91. The Kier molecular flexibility index (Phi) is 15.8. The largest absolute Gasteiger partial charge is 0.497 e. The van der Waals surface area contributed by atoms with Gasteiger partial charge < -0.3 is 24.2 Å². The zero-order valence-corrected chi connectivity index (χ0v) is 29.7. The highest BCUT2D eigenvalue weighted by atomic mass is 16.5. The van der Waals surface area contributed by atoms with E-state index in [9.17, 15) is 9.90 Å². The molecule has 3 aromatic rings. The van der Waals surface area contributed by atoms with Gasteiger partial charge in [-0.2, -0.15) is 0 Å². The van der Waals surface area contributed by atoms with Crippen molar-refractivity contribution in [2.75, 3.05) is 27.4 Å². The van der Waals surface area contributed by atoms with Gasteiger partial charge in [-0.05, 0) is 53.8 Å². The van der Waals surface area contributed by atoms with Crippen molar-refractivity contribution in [1.82, 2.24) is 4.90 Å². The molecular formula is C42H59NO5. The molecule has 262 valence electrons. The normalized spacial score (nSPS) is 16.3. The van der Waals surface area contributed by atoms with E-state index in [2.05, 4.69) is 19.1 Å². The van der Waals surface area contributed by atoms with Crippen molar-refractivity contribution in [3.63, 3.8) is 0 Å². The van der Waals surface area contributed by atoms with Crippen LogP contribution in [0.2, 0.25) is 0 Å².